The summed E-state index contributed by atoms with van der Waals surface area (Å²) in [6.07, 6.45) is 4.68. The van der Waals surface area contributed by atoms with E-state index in [1.165, 1.54) is 0 Å². The Balaban J connectivity index is 1.56. The van der Waals surface area contributed by atoms with Gasteiger partial charge in [-0.2, -0.15) is 0 Å². The summed E-state index contributed by atoms with van der Waals surface area (Å²) < 4.78 is 1.94. The van der Waals surface area contributed by atoms with Crippen LogP contribution >= 0.6 is 0 Å². The molecule has 0 bridgehead atoms. The van der Waals surface area contributed by atoms with Crippen LogP contribution < -0.4 is 21.3 Å². The highest BCUT2D eigenvalue weighted by Gasteiger charge is 2.28. The minimum Gasteiger partial charge on any atom is -0.356 e. The van der Waals surface area contributed by atoms with E-state index in [-0.39, 0.29) is 29.9 Å². The van der Waals surface area contributed by atoms with Crippen molar-refractivity contribution in [2.75, 3.05) is 18.4 Å². The van der Waals surface area contributed by atoms with Crippen LogP contribution in [0.1, 0.15) is 55.6 Å². The van der Waals surface area contributed by atoms with Gasteiger partial charge in [0.15, 0.2) is 0 Å². The zero-order chi connectivity index (χ0) is 20.4. The molecule has 1 saturated carbocycles. The highest BCUT2D eigenvalue weighted by atomic mass is 16.2. The number of rotatable bonds is 5. The van der Waals surface area contributed by atoms with Gasteiger partial charge in [-0.25, -0.2) is 4.79 Å². The van der Waals surface area contributed by atoms with E-state index < -0.39 is 0 Å². The average Bonchev–Trinajstić information content (AvgIpc) is 3.32. The van der Waals surface area contributed by atoms with Crippen molar-refractivity contribution in [2.24, 2.45) is 0 Å². The monoisotopic (exact) mass is 397 g/mol. The molecule has 1 unspecified atom stereocenters. The molecular weight excluding hydrogens is 370 g/mol. The number of hydrogen-bond acceptors (Lipinski definition) is 3. The molecule has 1 aliphatic carbocycles. The van der Waals surface area contributed by atoms with E-state index in [4.69, 9.17) is 0 Å². The number of aromatic nitrogens is 1. The Morgan fingerprint density at radius 2 is 2.00 bits per heavy atom. The smallest absolute Gasteiger partial charge is 0.319 e. The van der Waals surface area contributed by atoms with Crippen LogP contribution in [0, 0.1) is 0 Å². The molecule has 0 radical (unpaired) electrons. The van der Waals surface area contributed by atoms with Gasteiger partial charge < -0.3 is 25.8 Å². The van der Waals surface area contributed by atoms with Gasteiger partial charge in [0.1, 0.15) is 5.69 Å². The first-order valence-electron chi connectivity index (χ1n) is 10.3. The molecule has 29 heavy (non-hydrogen) atoms. The number of hydrogen-bond donors (Lipinski definition) is 4. The van der Waals surface area contributed by atoms with E-state index in [0.29, 0.717) is 30.9 Å². The summed E-state index contributed by atoms with van der Waals surface area (Å²) in [5, 5.41) is 12.4. The Kier molecular flexibility index (Phi) is 5.42. The van der Waals surface area contributed by atoms with E-state index >= 15 is 0 Å². The third kappa shape index (κ3) is 4.06. The molecule has 2 heterocycles. The van der Waals surface area contributed by atoms with Gasteiger partial charge in [-0.05, 0) is 44.0 Å². The van der Waals surface area contributed by atoms with Crippen molar-refractivity contribution >= 4 is 34.4 Å². The summed E-state index contributed by atoms with van der Waals surface area (Å²) in [4.78, 5) is 36.7. The van der Waals surface area contributed by atoms with E-state index in [1.807, 2.05) is 35.8 Å². The third-order valence-corrected chi connectivity index (χ3v) is 5.68. The van der Waals surface area contributed by atoms with Crippen molar-refractivity contribution in [3.05, 3.63) is 30.0 Å². The Labute approximate surface area is 169 Å². The van der Waals surface area contributed by atoms with Gasteiger partial charge in [0.25, 0.3) is 5.91 Å². The standard InChI is InChI=1S/C21H27N5O3/c1-2-22-19(27)11-16-12-23-20(28)18-10-13-9-15(7-8-17(13)26(16)18)25-21(29)24-14-5-3-4-6-14/h7-10,14,16H,2-6,11-12H2,1H3,(H,22,27)(H,23,28)(H2,24,25,29). The van der Waals surface area contributed by atoms with Gasteiger partial charge in [-0.15, -0.1) is 0 Å². The summed E-state index contributed by atoms with van der Waals surface area (Å²) >= 11 is 0. The minimum atomic E-state index is -0.202. The van der Waals surface area contributed by atoms with Gasteiger partial charge >= 0.3 is 6.03 Å². The molecule has 1 aromatic carbocycles. The number of urea groups is 1. The molecule has 4 N–H and O–H groups in total. The number of fused-ring (bicyclic) bond motifs is 3. The highest BCUT2D eigenvalue weighted by molar-refractivity contribution is 6.01. The van der Waals surface area contributed by atoms with Crippen LogP contribution in [-0.4, -0.2) is 41.5 Å². The maximum absolute atomic E-state index is 12.4. The molecule has 1 aromatic heterocycles. The zero-order valence-electron chi connectivity index (χ0n) is 16.6. The second-order valence-corrected chi connectivity index (χ2v) is 7.77. The zero-order valence-corrected chi connectivity index (χ0v) is 16.6. The Hall–Kier alpha value is -3.03. The van der Waals surface area contributed by atoms with Gasteiger partial charge in [0.05, 0.1) is 6.04 Å². The predicted molar refractivity (Wildman–Crippen MR) is 111 cm³/mol. The number of nitrogens with one attached hydrogen (secondary N) is 4. The Bertz CT molecular complexity index is 945. The molecule has 4 rings (SSSR count). The Morgan fingerprint density at radius 1 is 1.21 bits per heavy atom. The van der Waals surface area contributed by atoms with Crippen LogP contribution in [0.3, 0.4) is 0 Å². The summed E-state index contributed by atoms with van der Waals surface area (Å²) in [6, 6.07) is 7.31. The van der Waals surface area contributed by atoms with Gasteiger partial charge in [0, 0.05) is 42.1 Å². The molecule has 0 saturated heterocycles. The second kappa shape index (κ2) is 8.14. The van der Waals surface area contributed by atoms with Crippen LogP contribution in [0.4, 0.5) is 10.5 Å². The molecular formula is C21H27N5O3. The van der Waals surface area contributed by atoms with E-state index in [1.54, 1.807) is 0 Å². The number of nitrogens with zero attached hydrogens (tertiary/aromatic N) is 1. The first-order valence-corrected chi connectivity index (χ1v) is 10.3. The lowest BCUT2D eigenvalue weighted by Gasteiger charge is -2.27. The topological polar surface area (TPSA) is 104 Å². The summed E-state index contributed by atoms with van der Waals surface area (Å²) in [5.41, 5.74) is 2.09. The molecule has 154 valence electrons. The molecule has 0 spiro atoms. The summed E-state index contributed by atoms with van der Waals surface area (Å²) in [6.45, 7) is 2.88. The lowest BCUT2D eigenvalue weighted by molar-refractivity contribution is -0.121. The minimum absolute atomic E-state index is 0.0386. The summed E-state index contributed by atoms with van der Waals surface area (Å²) in [7, 11) is 0. The van der Waals surface area contributed by atoms with Gasteiger partial charge in [-0.3, -0.25) is 9.59 Å². The van der Waals surface area contributed by atoms with Crippen molar-refractivity contribution in [3.8, 4) is 0 Å². The average molecular weight is 397 g/mol. The third-order valence-electron chi connectivity index (χ3n) is 5.68. The quantitative estimate of drug-likeness (QED) is 0.623. The lowest BCUT2D eigenvalue weighted by atomic mass is 10.1. The maximum Gasteiger partial charge on any atom is 0.319 e. The van der Waals surface area contributed by atoms with Crippen molar-refractivity contribution in [2.45, 2.75) is 51.1 Å². The predicted octanol–water partition coefficient (Wildman–Crippen LogP) is 2.52. The number of amides is 4. The van der Waals surface area contributed by atoms with Crippen LogP contribution in [0.5, 0.6) is 0 Å². The largest absolute Gasteiger partial charge is 0.356 e. The fourth-order valence-electron chi connectivity index (χ4n) is 4.34. The van der Waals surface area contributed by atoms with E-state index in [2.05, 4.69) is 21.3 Å². The second-order valence-electron chi connectivity index (χ2n) is 7.77. The molecule has 1 aliphatic heterocycles. The van der Waals surface area contributed by atoms with Crippen molar-refractivity contribution in [1.82, 2.24) is 20.5 Å². The molecule has 1 fully saturated rings. The highest BCUT2D eigenvalue weighted by Crippen LogP contribution is 2.30. The first-order chi connectivity index (χ1) is 14.0. The molecule has 8 nitrogen and oxygen atoms in total. The molecule has 8 heteroatoms. The fraction of sp³-hybridized carbons (Fsp3) is 0.476. The number of carbonyl (C=O) groups is 3. The number of carbonyl (C=O) groups excluding carboxylic acids is 3. The number of anilines is 1. The maximum atomic E-state index is 12.4. The van der Waals surface area contributed by atoms with Crippen LogP contribution in [-0.2, 0) is 4.79 Å². The fourth-order valence-corrected chi connectivity index (χ4v) is 4.34. The van der Waals surface area contributed by atoms with Crippen molar-refractivity contribution < 1.29 is 14.4 Å². The first kappa shape index (κ1) is 19.3. The van der Waals surface area contributed by atoms with Crippen LogP contribution in [0.25, 0.3) is 10.9 Å². The SMILES string of the molecule is CCNC(=O)CC1CNC(=O)c2cc3cc(NC(=O)NC4CCCC4)ccc3n21. The van der Waals surface area contributed by atoms with E-state index in [9.17, 15) is 14.4 Å². The number of benzene rings is 1. The normalized spacial score (nSPS) is 18.9. The van der Waals surface area contributed by atoms with E-state index in [0.717, 1.165) is 36.6 Å². The van der Waals surface area contributed by atoms with Crippen molar-refractivity contribution in [3.63, 3.8) is 0 Å². The Morgan fingerprint density at radius 3 is 2.76 bits per heavy atom. The molecule has 2 aromatic rings. The van der Waals surface area contributed by atoms with Crippen LogP contribution in [0.15, 0.2) is 24.3 Å². The molecule has 4 amide bonds. The molecule has 1 atom stereocenters. The van der Waals surface area contributed by atoms with Gasteiger partial charge in [-0.1, -0.05) is 12.8 Å². The van der Waals surface area contributed by atoms with Gasteiger partial charge in [0.2, 0.25) is 5.91 Å². The summed E-state index contributed by atoms with van der Waals surface area (Å²) in [5.74, 6) is -0.190. The van der Waals surface area contributed by atoms with Crippen LogP contribution in [0.2, 0.25) is 0 Å². The lowest BCUT2D eigenvalue weighted by Crippen LogP contribution is -2.40. The van der Waals surface area contributed by atoms with Crippen molar-refractivity contribution in [1.29, 1.82) is 0 Å². The molecule has 2 aliphatic rings.